The molecule has 0 atom stereocenters. The number of terminal acetylenes is 1. The molecule has 1 aromatic rings. The summed E-state index contributed by atoms with van der Waals surface area (Å²) in [4.78, 5) is 0. The number of aromatic nitrogens is 2. The number of nitrogens with two attached hydrogens (primary N) is 1. The molecule has 0 aliphatic rings. The quantitative estimate of drug-likeness (QED) is 0.526. The highest BCUT2D eigenvalue weighted by Gasteiger charge is 1.94. The fourth-order valence-corrected chi connectivity index (χ4v) is 0.980. The first-order valence-corrected chi connectivity index (χ1v) is 4.02. The Bertz CT molecular complexity index is 270. The van der Waals surface area contributed by atoms with E-state index in [2.05, 4.69) is 11.0 Å². The normalized spacial score (nSPS) is 9.67. The fourth-order valence-electron chi connectivity index (χ4n) is 0.980. The van der Waals surface area contributed by atoms with Crippen molar-refractivity contribution < 1.29 is 0 Å². The Labute approximate surface area is 72.6 Å². The molecule has 12 heavy (non-hydrogen) atoms. The first-order chi connectivity index (χ1) is 5.86. The maximum Gasteiger partial charge on any atom is 0.0760 e. The van der Waals surface area contributed by atoms with Gasteiger partial charge in [0.25, 0.3) is 0 Å². The lowest BCUT2D eigenvalue weighted by molar-refractivity contribution is 0.580. The highest BCUT2D eigenvalue weighted by Crippen LogP contribution is 1.96. The molecule has 0 bridgehead atoms. The summed E-state index contributed by atoms with van der Waals surface area (Å²) in [5.41, 5.74) is 6.34. The zero-order chi connectivity index (χ0) is 8.81. The zero-order valence-electron chi connectivity index (χ0n) is 7.03. The van der Waals surface area contributed by atoms with E-state index in [-0.39, 0.29) is 0 Å². The van der Waals surface area contributed by atoms with Crippen LogP contribution in [-0.2, 0) is 13.1 Å². The summed E-state index contributed by atoms with van der Waals surface area (Å²) >= 11 is 0. The third-order valence-corrected chi connectivity index (χ3v) is 1.61. The van der Waals surface area contributed by atoms with Crippen molar-refractivity contribution in [2.75, 3.05) is 0 Å². The molecule has 0 saturated carbocycles. The van der Waals surface area contributed by atoms with Crippen LogP contribution in [0.25, 0.3) is 0 Å². The zero-order valence-corrected chi connectivity index (χ0v) is 7.03. The lowest BCUT2D eigenvalue weighted by atomic mass is 10.3. The van der Waals surface area contributed by atoms with E-state index in [0.717, 1.165) is 25.1 Å². The number of hydrogen-bond donors (Lipinski definition) is 1. The Balaban J connectivity index is 2.37. The fraction of sp³-hybridized carbons (Fsp3) is 0.444. The standard InChI is InChI=1S/C9H13N3/c1-2-3-4-6-12-7-5-9(8-10)11-12/h1,5,7H,3-4,6,8,10H2. The second kappa shape index (κ2) is 4.58. The highest BCUT2D eigenvalue weighted by atomic mass is 15.3. The molecule has 0 unspecified atom stereocenters. The first-order valence-electron chi connectivity index (χ1n) is 4.02. The van der Waals surface area contributed by atoms with Gasteiger partial charge in [-0.3, -0.25) is 4.68 Å². The van der Waals surface area contributed by atoms with Crippen LogP contribution in [0.4, 0.5) is 0 Å². The summed E-state index contributed by atoms with van der Waals surface area (Å²) in [5, 5.41) is 4.22. The highest BCUT2D eigenvalue weighted by molar-refractivity contribution is 4.97. The smallest absolute Gasteiger partial charge is 0.0760 e. The van der Waals surface area contributed by atoms with Crippen LogP contribution in [0.15, 0.2) is 12.3 Å². The van der Waals surface area contributed by atoms with Crippen molar-refractivity contribution in [1.82, 2.24) is 9.78 Å². The molecule has 2 N–H and O–H groups in total. The van der Waals surface area contributed by atoms with Gasteiger partial charge in [0.05, 0.1) is 5.69 Å². The SMILES string of the molecule is C#CCCCn1ccc(CN)n1. The van der Waals surface area contributed by atoms with Crippen LogP contribution < -0.4 is 5.73 Å². The molecule has 1 aromatic heterocycles. The molecule has 1 heterocycles. The molecule has 1 rings (SSSR count). The van der Waals surface area contributed by atoms with E-state index in [1.54, 1.807) is 0 Å². The van der Waals surface area contributed by atoms with Crippen LogP contribution in [0.2, 0.25) is 0 Å². The molecule has 0 amide bonds. The van der Waals surface area contributed by atoms with E-state index >= 15 is 0 Å². The molecule has 3 nitrogen and oxygen atoms in total. The average molecular weight is 163 g/mol. The molecule has 0 aliphatic carbocycles. The average Bonchev–Trinajstić information content (AvgIpc) is 2.53. The van der Waals surface area contributed by atoms with Gasteiger partial charge in [-0.1, -0.05) is 0 Å². The van der Waals surface area contributed by atoms with Crippen molar-refractivity contribution in [3.63, 3.8) is 0 Å². The van der Waals surface area contributed by atoms with Crippen molar-refractivity contribution in [1.29, 1.82) is 0 Å². The van der Waals surface area contributed by atoms with Crippen molar-refractivity contribution in [3.05, 3.63) is 18.0 Å². The van der Waals surface area contributed by atoms with Gasteiger partial charge in [0, 0.05) is 25.7 Å². The van der Waals surface area contributed by atoms with E-state index in [9.17, 15) is 0 Å². The molecular formula is C9H13N3. The van der Waals surface area contributed by atoms with Gasteiger partial charge >= 0.3 is 0 Å². The van der Waals surface area contributed by atoms with Gasteiger partial charge in [-0.25, -0.2) is 0 Å². The van der Waals surface area contributed by atoms with Gasteiger partial charge in [-0.2, -0.15) is 5.10 Å². The topological polar surface area (TPSA) is 43.8 Å². The lowest BCUT2D eigenvalue weighted by Gasteiger charge is -1.97. The Morgan fingerprint density at radius 2 is 2.50 bits per heavy atom. The predicted molar refractivity (Wildman–Crippen MR) is 48.2 cm³/mol. The molecule has 3 heteroatoms. The number of aryl methyl sites for hydroxylation is 1. The van der Waals surface area contributed by atoms with Crippen molar-refractivity contribution in [2.24, 2.45) is 5.73 Å². The molecule has 0 saturated heterocycles. The third kappa shape index (κ3) is 2.40. The monoisotopic (exact) mass is 163 g/mol. The Kier molecular flexibility index (Phi) is 3.36. The molecule has 0 radical (unpaired) electrons. The van der Waals surface area contributed by atoms with Crippen molar-refractivity contribution in [2.45, 2.75) is 25.9 Å². The van der Waals surface area contributed by atoms with Crippen molar-refractivity contribution >= 4 is 0 Å². The van der Waals surface area contributed by atoms with E-state index in [1.807, 2.05) is 16.9 Å². The van der Waals surface area contributed by atoms with Crippen LogP contribution in [0.5, 0.6) is 0 Å². The minimum Gasteiger partial charge on any atom is -0.325 e. The molecular weight excluding hydrogens is 150 g/mol. The number of rotatable bonds is 4. The van der Waals surface area contributed by atoms with E-state index < -0.39 is 0 Å². The summed E-state index contributed by atoms with van der Waals surface area (Å²) in [6, 6.07) is 1.93. The van der Waals surface area contributed by atoms with Crippen molar-refractivity contribution in [3.8, 4) is 12.3 Å². The van der Waals surface area contributed by atoms with Crippen LogP contribution >= 0.6 is 0 Å². The summed E-state index contributed by atoms with van der Waals surface area (Å²) in [5.74, 6) is 2.59. The van der Waals surface area contributed by atoms with E-state index in [4.69, 9.17) is 12.2 Å². The second-order valence-electron chi connectivity index (χ2n) is 2.58. The number of unbranched alkanes of at least 4 members (excludes halogenated alkanes) is 1. The van der Waals surface area contributed by atoms with E-state index in [0.29, 0.717) is 6.54 Å². The maximum absolute atomic E-state index is 5.41. The minimum absolute atomic E-state index is 0.502. The summed E-state index contributed by atoms with van der Waals surface area (Å²) in [6.45, 7) is 1.38. The van der Waals surface area contributed by atoms with E-state index in [1.165, 1.54) is 0 Å². The van der Waals surface area contributed by atoms with Gasteiger partial charge < -0.3 is 5.73 Å². The van der Waals surface area contributed by atoms with Gasteiger partial charge in [0.2, 0.25) is 0 Å². The Hall–Kier alpha value is -1.27. The van der Waals surface area contributed by atoms with Crippen LogP contribution in [0, 0.1) is 12.3 Å². The molecule has 0 fully saturated rings. The van der Waals surface area contributed by atoms with Crippen LogP contribution in [0.3, 0.4) is 0 Å². The van der Waals surface area contributed by atoms with Crippen LogP contribution in [0.1, 0.15) is 18.5 Å². The first kappa shape index (κ1) is 8.82. The largest absolute Gasteiger partial charge is 0.325 e. The molecule has 64 valence electrons. The lowest BCUT2D eigenvalue weighted by Crippen LogP contribution is -2.02. The minimum atomic E-state index is 0.502. The summed E-state index contributed by atoms with van der Waals surface area (Å²) in [6.07, 6.45) is 8.83. The molecule has 0 aromatic carbocycles. The predicted octanol–water partition coefficient (Wildman–Crippen LogP) is 0.755. The number of nitrogens with zero attached hydrogens (tertiary/aromatic N) is 2. The number of hydrogen-bond acceptors (Lipinski definition) is 2. The Morgan fingerprint density at radius 1 is 1.67 bits per heavy atom. The third-order valence-electron chi connectivity index (χ3n) is 1.61. The molecule has 0 spiro atoms. The van der Waals surface area contributed by atoms with Gasteiger partial charge in [0.15, 0.2) is 0 Å². The molecule has 0 aliphatic heterocycles. The van der Waals surface area contributed by atoms with Gasteiger partial charge in [-0.05, 0) is 12.5 Å². The Morgan fingerprint density at radius 3 is 3.08 bits per heavy atom. The summed E-state index contributed by atoms with van der Waals surface area (Å²) in [7, 11) is 0. The van der Waals surface area contributed by atoms with Gasteiger partial charge in [0.1, 0.15) is 0 Å². The van der Waals surface area contributed by atoms with Crippen LogP contribution in [-0.4, -0.2) is 9.78 Å². The van der Waals surface area contributed by atoms with Gasteiger partial charge in [-0.15, -0.1) is 12.3 Å². The second-order valence-corrected chi connectivity index (χ2v) is 2.58. The maximum atomic E-state index is 5.41. The summed E-state index contributed by atoms with van der Waals surface area (Å²) < 4.78 is 1.87.